The number of aromatic nitrogens is 2. The number of carbonyl (C=O) groups is 1. The second kappa shape index (κ2) is 5.16. The first-order chi connectivity index (χ1) is 11.0. The van der Waals surface area contributed by atoms with Crippen LogP contribution in [0.15, 0.2) is 18.3 Å². The molecule has 118 valence electrons. The third-order valence-corrected chi connectivity index (χ3v) is 4.42. The zero-order chi connectivity index (χ0) is 16.1. The standard InChI is InChI=1S/C17H14F2N2O2/c1-8(22)14-6-12(16-13(19)4-9(18)7-20-16)11-5-10-2-3-15(23-10)17(11)21-14/h4,6-7,10,15H,2-3,5H2,1H3/t10-,15+/m1/s1. The molecule has 23 heavy (non-hydrogen) atoms. The minimum atomic E-state index is -0.744. The van der Waals surface area contributed by atoms with Gasteiger partial charge >= 0.3 is 0 Å². The number of fused-ring (bicyclic) bond motifs is 4. The van der Waals surface area contributed by atoms with Gasteiger partial charge in [0.15, 0.2) is 11.6 Å². The molecule has 0 aliphatic carbocycles. The van der Waals surface area contributed by atoms with Crippen molar-refractivity contribution in [2.45, 2.75) is 38.4 Å². The maximum absolute atomic E-state index is 14.2. The molecule has 0 unspecified atom stereocenters. The van der Waals surface area contributed by atoms with Crippen LogP contribution < -0.4 is 0 Å². The van der Waals surface area contributed by atoms with E-state index in [1.54, 1.807) is 6.07 Å². The Labute approximate surface area is 131 Å². The van der Waals surface area contributed by atoms with Crippen molar-refractivity contribution < 1.29 is 18.3 Å². The molecule has 0 aromatic carbocycles. The van der Waals surface area contributed by atoms with Crippen molar-refractivity contribution >= 4 is 5.78 Å². The quantitative estimate of drug-likeness (QED) is 0.797. The van der Waals surface area contributed by atoms with Crippen LogP contribution >= 0.6 is 0 Å². The molecule has 6 heteroatoms. The van der Waals surface area contributed by atoms with Gasteiger partial charge in [0, 0.05) is 25.0 Å². The monoisotopic (exact) mass is 316 g/mol. The predicted molar refractivity (Wildman–Crippen MR) is 77.9 cm³/mol. The molecular weight excluding hydrogens is 302 g/mol. The van der Waals surface area contributed by atoms with E-state index in [4.69, 9.17) is 4.74 Å². The molecule has 0 saturated carbocycles. The van der Waals surface area contributed by atoms with Gasteiger partial charge in [0.05, 0.1) is 18.0 Å². The van der Waals surface area contributed by atoms with Crippen molar-refractivity contribution in [3.63, 3.8) is 0 Å². The maximum Gasteiger partial charge on any atom is 0.178 e. The summed E-state index contributed by atoms with van der Waals surface area (Å²) in [5.74, 6) is -1.69. The Morgan fingerprint density at radius 3 is 2.87 bits per heavy atom. The summed E-state index contributed by atoms with van der Waals surface area (Å²) in [5.41, 5.74) is 2.35. The summed E-state index contributed by atoms with van der Waals surface area (Å²) in [6.07, 6.45) is 3.25. The number of halogens is 2. The van der Waals surface area contributed by atoms with Crippen LogP contribution in [0.4, 0.5) is 8.78 Å². The van der Waals surface area contributed by atoms with E-state index in [1.807, 2.05) is 0 Å². The fourth-order valence-electron chi connectivity index (χ4n) is 3.36. The number of rotatable bonds is 2. The van der Waals surface area contributed by atoms with E-state index < -0.39 is 11.6 Å². The van der Waals surface area contributed by atoms with Crippen LogP contribution in [0, 0.1) is 11.6 Å². The first kappa shape index (κ1) is 14.4. The highest BCUT2D eigenvalue weighted by Crippen LogP contribution is 2.43. The van der Waals surface area contributed by atoms with Crippen molar-refractivity contribution in [3.8, 4) is 11.3 Å². The van der Waals surface area contributed by atoms with E-state index in [9.17, 15) is 13.6 Å². The van der Waals surface area contributed by atoms with Gasteiger partial charge in [0.2, 0.25) is 0 Å². The Morgan fingerprint density at radius 1 is 1.30 bits per heavy atom. The molecule has 4 heterocycles. The summed E-state index contributed by atoms with van der Waals surface area (Å²) in [4.78, 5) is 20.1. The summed E-state index contributed by atoms with van der Waals surface area (Å²) >= 11 is 0. The predicted octanol–water partition coefficient (Wildman–Crippen LogP) is 3.40. The molecule has 0 spiro atoms. The highest BCUT2D eigenvalue weighted by Gasteiger charge is 2.37. The molecule has 2 aromatic rings. The van der Waals surface area contributed by atoms with Gasteiger partial charge in [-0.3, -0.25) is 9.78 Å². The molecule has 4 rings (SSSR count). The van der Waals surface area contributed by atoms with E-state index in [0.717, 1.165) is 30.7 Å². The van der Waals surface area contributed by atoms with Crippen molar-refractivity contribution in [2.24, 2.45) is 0 Å². The first-order valence-corrected chi connectivity index (χ1v) is 7.54. The molecular formula is C17H14F2N2O2. The molecule has 0 amide bonds. The summed E-state index contributed by atoms with van der Waals surface area (Å²) in [7, 11) is 0. The van der Waals surface area contributed by atoms with Crippen LogP contribution in [-0.4, -0.2) is 21.9 Å². The average molecular weight is 316 g/mol. The first-order valence-electron chi connectivity index (χ1n) is 7.54. The lowest BCUT2D eigenvalue weighted by atomic mass is 9.94. The Hall–Kier alpha value is -2.21. The Kier molecular flexibility index (Phi) is 3.23. The molecule has 0 radical (unpaired) electrons. The zero-order valence-corrected chi connectivity index (χ0v) is 12.5. The van der Waals surface area contributed by atoms with Gasteiger partial charge < -0.3 is 4.74 Å². The Bertz CT molecular complexity index is 822. The lowest BCUT2D eigenvalue weighted by Crippen LogP contribution is -2.21. The van der Waals surface area contributed by atoms with Crippen molar-refractivity contribution in [2.75, 3.05) is 0 Å². The van der Waals surface area contributed by atoms with Gasteiger partial charge in [0.1, 0.15) is 23.3 Å². The molecule has 1 fully saturated rings. The molecule has 2 aliphatic rings. The smallest absolute Gasteiger partial charge is 0.178 e. The van der Waals surface area contributed by atoms with Crippen LogP contribution in [0.3, 0.4) is 0 Å². The van der Waals surface area contributed by atoms with Crippen LogP contribution in [0.1, 0.15) is 47.6 Å². The lowest BCUT2D eigenvalue weighted by Gasteiger charge is -2.25. The summed E-state index contributed by atoms with van der Waals surface area (Å²) in [6, 6.07) is 2.35. The van der Waals surface area contributed by atoms with Crippen molar-refractivity contribution in [1.29, 1.82) is 0 Å². The molecule has 2 bridgehead atoms. The molecule has 1 saturated heterocycles. The van der Waals surface area contributed by atoms with Crippen molar-refractivity contribution in [1.82, 2.24) is 9.97 Å². The van der Waals surface area contributed by atoms with E-state index in [1.165, 1.54) is 6.92 Å². The highest BCUT2D eigenvalue weighted by atomic mass is 19.1. The average Bonchev–Trinajstić information content (AvgIpc) is 2.89. The van der Waals surface area contributed by atoms with E-state index in [2.05, 4.69) is 9.97 Å². The number of ether oxygens (including phenoxy) is 1. The van der Waals surface area contributed by atoms with Gasteiger partial charge in [-0.1, -0.05) is 0 Å². The largest absolute Gasteiger partial charge is 0.368 e. The molecule has 2 aliphatic heterocycles. The van der Waals surface area contributed by atoms with E-state index in [0.29, 0.717) is 17.7 Å². The van der Waals surface area contributed by atoms with Gasteiger partial charge in [-0.2, -0.15) is 0 Å². The summed E-state index contributed by atoms with van der Waals surface area (Å²) in [6.45, 7) is 1.41. The fraction of sp³-hybridized carbons (Fsp3) is 0.353. The third-order valence-electron chi connectivity index (χ3n) is 4.42. The van der Waals surface area contributed by atoms with Gasteiger partial charge in [-0.25, -0.2) is 13.8 Å². The number of Topliss-reactive ketones (excluding diaryl/α,β-unsaturated/α-hetero) is 1. The zero-order valence-electron chi connectivity index (χ0n) is 12.5. The fourth-order valence-corrected chi connectivity index (χ4v) is 3.36. The number of pyridine rings is 2. The van der Waals surface area contributed by atoms with Crippen LogP contribution in [0.5, 0.6) is 0 Å². The number of hydrogen-bond donors (Lipinski definition) is 0. The maximum atomic E-state index is 14.2. The number of ketones is 1. The minimum Gasteiger partial charge on any atom is -0.368 e. The van der Waals surface area contributed by atoms with Gasteiger partial charge in [-0.05, 0) is 24.5 Å². The highest BCUT2D eigenvalue weighted by molar-refractivity contribution is 5.93. The SMILES string of the molecule is CC(=O)c1cc(-c2ncc(F)cc2F)c2c(n1)[C@@H]1CC[C@H](C2)O1. The minimum absolute atomic E-state index is 0.0499. The van der Waals surface area contributed by atoms with Crippen LogP contribution in [-0.2, 0) is 11.2 Å². The lowest BCUT2D eigenvalue weighted by molar-refractivity contribution is 0.0295. The Balaban J connectivity index is 1.97. The summed E-state index contributed by atoms with van der Waals surface area (Å²) in [5, 5.41) is 0. The number of nitrogens with zero attached hydrogens (tertiary/aromatic N) is 2. The van der Waals surface area contributed by atoms with Crippen LogP contribution in [0.2, 0.25) is 0 Å². The molecule has 2 aromatic heterocycles. The second-order valence-electron chi connectivity index (χ2n) is 5.99. The molecule has 4 nitrogen and oxygen atoms in total. The van der Waals surface area contributed by atoms with Crippen molar-refractivity contribution in [3.05, 3.63) is 46.9 Å². The topological polar surface area (TPSA) is 52.1 Å². The van der Waals surface area contributed by atoms with E-state index in [-0.39, 0.29) is 29.4 Å². The normalized spacial score (nSPS) is 22.0. The molecule has 0 N–H and O–H groups in total. The molecule has 2 atom stereocenters. The van der Waals surface area contributed by atoms with Gasteiger partial charge in [-0.15, -0.1) is 0 Å². The van der Waals surface area contributed by atoms with E-state index >= 15 is 0 Å². The number of hydrogen-bond acceptors (Lipinski definition) is 4. The number of carbonyl (C=O) groups excluding carboxylic acids is 1. The van der Waals surface area contributed by atoms with Gasteiger partial charge in [0.25, 0.3) is 0 Å². The Morgan fingerprint density at radius 2 is 2.13 bits per heavy atom. The van der Waals surface area contributed by atoms with Crippen LogP contribution in [0.25, 0.3) is 11.3 Å². The summed E-state index contributed by atoms with van der Waals surface area (Å²) < 4.78 is 33.2. The third kappa shape index (κ3) is 2.34. The second-order valence-corrected chi connectivity index (χ2v) is 5.99.